The van der Waals surface area contributed by atoms with Gasteiger partial charge in [-0.25, -0.2) is 4.98 Å². The summed E-state index contributed by atoms with van der Waals surface area (Å²) in [6.45, 7) is 6.68. The summed E-state index contributed by atoms with van der Waals surface area (Å²) >= 11 is 1.71. The van der Waals surface area contributed by atoms with Crippen molar-refractivity contribution in [2.45, 2.75) is 31.6 Å². The number of likely N-dealkylation sites (tertiary alicyclic amines) is 1. The second-order valence-corrected chi connectivity index (χ2v) is 9.72. The monoisotopic (exact) mass is 487 g/mol. The van der Waals surface area contributed by atoms with Gasteiger partial charge in [-0.2, -0.15) is 0 Å². The zero-order chi connectivity index (χ0) is 24.3. The van der Waals surface area contributed by atoms with E-state index in [1.54, 1.807) is 11.3 Å². The molecule has 0 aliphatic carbocycles. The maximum absolute atomic E-state index is 12.8. The van der Waals surface area contributed by atoms with Crippen molar-refractivity contribution in [3.8, 4) is 23.1 Å². The number of thiazole rings is 1. The smallest absolute Gasteiger partial charge is 0.251 e. The fourth-order valence-electron chi connectivity index (χ4n) is 4.41. The molecule has 0 saturated carbocycles. The average molecular weight is 488 g/mol. The van der Waals surface area contributed by atoms with E-state index >= 15 is 0 Å². The van der Waals surface area contributed by atoms with Crippen molar-refractivity contribution in [3.63, 3.8) is 0 Å². The quantitative estimate of drug-likeness (QED) is 0.323. The van der Waals surface area contributed by atoms with Crippen molar-refractivity contribution in [3.05, 3.63) is 76.6 Å². The normalized spacial score (nSPS) is 15.2. The van der Waals surface area contributed by atoms with Gasteiger partial charge in [0.05, 0.1) is 18.9 Å². The lowest BCUT2D eigenvalue weighted by Gasteiger charge is -2.40. The zero-order valence-corrected chi connectivity index (χ0v) is 21.2. The van der Waals surface area contributed by atoms with Crippen LogP contribution in [0.1, 0.15) is 41.6 Å². The molecule has 182 valence electrons. The van der Waals surface area contributed by atoms with Crippen LogP contribution in [0, 0.1) is 11.8 Å². The van der Waals surface area contributed by atoms with Crippen LogP contribution >= 0.6 is 11.3 Å². The van der Waals surface area contributed by atoms with E-state index in [0.717, 1.165) is 61.8 Å². The second kappa shape index (κ2) is 12.6. The molecule has 0 bridgehead atoms. The van der Waals surface area contributed by atoms with E-state index in [2.05, 4.69) is 39.6 Å². The maximum Gasteiger partial charge on any atom is 0.251 e. The first kappa shape index (κ1) is 25.1. The van der Waals surface area contributed by atoms with Gasteiger partial charge < -0.3 is 15.0 Å². The molecule has 1 aliphatic rings. The SMILES string of the molecule is CC#CCCOCCN1CCC(CNC(=O)c2ccccc2)(c2nc(-c3ccccc3)cs2)CC1. The number of carbonyl (C=O) groups is 1. The third kappa shape index (κ3) is 6.79. The number of nitrogens with one attached hydrogen (secondary N) is 1. The van der Waals surface area contributed by atoms with Crippen LogP contribution in [0.3, 0.4) is 0 Å². The van der Waals surface area contributed by atoms with Crippen LogP contribution in [-0.4, -0.2) is 55.2 Å². The summed E-state index contributed by atoms with van der Waals surface area (Å²) in [7, 11) is 0. The summed E-state index contributed by atoms with van der Waals surface area (Å²) in [4.78, 5) is 20.4. The van der Waals surface area contributed by atoms with Crippen molar-refractivity contribution in [2.24, 2.45) is 0 Å². The Balaban J connectivity index is 1.43. The number of amides is 1. The van der Waals surface area contributed by atoms with Gasteiger partial charge in [-0.3, -0.25) is 4.79 Å². The van der Waals surface area contributed by atoms with E-state index in [-0.39, 0.29) is 11.3 Å². The second-order valence-electron chi connectivity index (χ2n) is 8.86. The number of piperidine rings is 1. The minimum Gasteiger partial charge on any atom is -0.379 e. The fourth-order valence-corrected chi connectivity index (χ4v) is 5.50. The van der Waals surface area contributed by atoms with Gasteiger partial charge >= 0.3 is 0 Å². The van der Waals surface area contributed by atoms with Crippen LogP contribution in [0.2, 0.25) is 0 Å². The topological polar surface area (TPSA) is 54.5 Å². The Morgan fingerprint density at radius 3 is 2.51 bits per heavy atom. The Kier molecular flexibility index (Phi) is 9.08. The van der Waals surface area contributed by atoms with Crippen LogP contribution in [0.5, 0.6) is 0 Å². The number of hydrogen-bond acceptors (Lipinski definition) is 5. The Morgan fingerprint density at radius 2 is 1.80 bits per heavy atom. The molecular weight excluding hydrogens is 454 g/mol. The van der Waals surface area contributed by atoms with E-state index < -0.39 is 0 Å². The summed E-state index contributed by atoms with van der Waals surface area (Å²) in [5.74, 6) is 5.90. The van der Waals surface area contributed by atoms with Gasteiger partial charge in [0.1, 0.15) is 5.01 Å². The van der Waals surface area contributed by atoms with Gasteiger partial charge in [-0.15, -0.1) is 23.2 Å². The standard InChI is InChI=1S/C29H33N3O2S/c1-2-3-10-20-34-21-19-32-17-15-29(16-18-32,23-30-27(33)25-13-8-5-9-14-25)28-31-26(22-35-28)24-11-6-4-7-12-24/h4-9,11-14,22H,10,15-21,23H2,1H3,(H,30,33). The zero-order valence-electron chi connectivity index (χ0n) is 20.3. The van der Waals surface area contributed by atoms with Gasteiger partial charge in [-0.1, -0.05) is 48.5 Å². The van der Waals surface area contributed by atoms with E-state index in [1.807, 2.05) is 55.5 Å². The summed E-state index contributed by atoms with van der Waals surface area (Å²) in [5, 5.41) is 6.47. The van der Waals surface area contributed by atoms with E-state index in [1.165, 1.54) is 0 Å². The highest BCUT2D eigenvalue weighted by Gasteiger charge is 2.39. The van der Waals surface area contributed by atoms with Crippen LogP contribution < -0.4 is 5.32 Å². The van der Waals surface area contributed by atoms with Crippen LogP contribution in [-0.2, 0) is 10.2 Å². The number of ether oxygens (including phenoxy) is 1. The molecule has 35 heavy (non-hydrogen) atoms. The van der Waals surface area contributed by atoms with Gasteiger partial charge in [0, 0.05) is 41.4 Å². The molecule has 0 radical (unpaired) electrons. The third-order valence-electron chi connectivity index (χ3n) is 6.56. The number of carbonyl (C=O) groups excluding carboxylic acids is 1. The molecule has 1 aliphatic heterocycles. The summed E-state index contributed by atoms with van der Waals surface area (Å²) in [6, 6.07) is 19.7. The summed E-state index contributed by atoms with van der Waals surface area (Å²) in [5.41, 5.74) is 2.65. The Morgan fingerprint density at radius 1 is 1.09 bits per heavy atom. The highest BCUT2D eigenvalue weighted by atomic mass is 32.1. The molecule has 5 nitrogen and oxygen atoms in total. The van der Waals surface area contributed by atoms with Crippen molar-refractivity contribution in [1.82, 2.24) is 15.2 Å². The first-order valence-electron chi connectivity index (χ1n) is 12.2. The predicted molar refractivity (Wildman–Crippen MR) is 143 cm³/mol. The van der Waals surface area contributed by atoms with Crippen molar-refractivity contribution in [2.75, 3.05) is 39.4 Å². The van der Waals surface area contributed by atoms with Gasteiger partial charge in [-0.05, 0) is 45.0 Å². The van der Waals surface area contributed by atoms with Crippen molar-refractivity contribution in [1.29, 1.82) is 0 Å². The molecule has 2 aromatic carbocycles. The minimum atomic E-state index is -0.170. The lowest BCUT2D eigenvalue weighted by molar-refractivity contribution is 0.0811. The number of hydrogen-bond donors (Lipinski definition) is 1. The molecule has 1 N–H and O–H groups in total. The van der Waals surface area contributed by atoms with Crippen molar-refractivity contribution >= 4 is 17.2 Å². The molecule has 4 rings (SSSR count). The molecule has 6 heteroatoms. The number of benzene rings is 2. The highest BCUT2D eigenvalue weighted by molar-refractivity contribution is 7.10. The lowest BCUT2D eigenvalue weighted by atomic mass is 9.78. The van der Waals surface area contributed by atoms with Gasteiger partial charge in [0.2, 0.25) is 0 Å². The molecule has 0 atom stereocenters. The predicted octanol–water partition coefficient (Wildman–Crippen LogP) is 5.00. The van der Waals surface area contributed by atoms with Gasteiger partial charge in [0.15, 0.2) is 0 Å². The number of rotatable bonds is 10. The molecule has 1 saturated heterocycles. The first-order valence-corrected chi connectivity index (χ1v) is 13.1. The summed E-state index contributed by atoms with van der Waals surface area (Å²) < 4.78 is 5.74. The molecule has 2 heterocycles. The molecule has 1 fully saturated rings. The Hall–Kier alpha value is -2.98. The third-order valence-corrected chi connectivity index (χ3v) is 7.65. The molecular formula is C29H33N3O2S. The number of nitrogens with zero attached hydrogens (tertiary/aromatic N) is 2. The van der Waals surface area contributed by atoms with Crippen LogP contribution in [0.4, 0.5) is 0 Å². The van der Waals surface area contributed by atoms with E-state index in [0.29, 0.717) is 18.7 Å². The Bertz CT molecular complexity index is 1130. The van der Waals surface area contributed by atoms with Gasteiger partial charge in [0.25, 0.3) is 5.91 Å². The van der Waals surface area contributed by atoms with Crippen LogP contribution in [0.15, 0.2) is 66.0 Å². The number of aromatic nitrogens is 1. The minimum absolute atomic E-state index is 0.0316. The van der Waals surface area contributed by atoms with Crippen molar-refractivity contribution < 1.29 is 9.53 Å². The molecule has 3 aromatic rings. The molecule has 1 aromatic heterocycles. The Labute approximate surface area is 212 Å². The van der Waals surface area contributed by atoms with Crippen LogP contribution in [0.25, 0.3) is 11.3 Å². The fraction of sp³-hybridized carbons (Fsp3) is 0.379. The van der Waals surface area contributed by atoms with E-state index in [4.69, 9.17) is 9.72 Å². The highest BCUT2D eigenvalue weighted by Crippen LogP contribution is 2.38. The largest absolute Gasteiger partial charge is 0.379 e. The molecule has 1 amide bonds. The summed E-state index contributed by atoms with van der Waals surface area (Å²) in [6.07, 6.45) is 2.69. The lowest BCUT2D eigenvalue weighted by Crippen LogP contribution is -2.49. The van der Waals surface area contributed by atoms with E-state index in [9.17, 15) is 4.79 Å². The molecule has 0 spiro atoms. The molecule has 0 unspecified atom stereocenters. The first-order chi connectivity index (χ1) is 17.2. The maximum atomic E-state index is 12.8. The average Bonchev–Trinajstić information content (AvgIpc) is 3.42.